The summed E-state index contributed by atoms with van der Waals surface area (Å²) in [4.78, 5) is 17.3. The second-order valence-corrected chi connectivity index (χ2v) is 4.96. The molecule has 2 unspecified atom stereocenters. The highest BCUT2D eigenvalue weighted by Crippen LogP contribution is 2.23. The Morgan fingerprint density at radius 2 is 2.31 bits per heavy atom. The van der Waals surface area contributed by atoms with Crippen molar-refractivity contribution in [3.8, 4) is 0 Å². The number of aromatic nitrogens is 1. The monoisotopic (exact) mass is 242 g/mol. The molecule has 0 aliphatic carbocycles. The zero-order chi connectivity index (χ0) is 12.3. The smallest absolute Gasteiger partial charge is 0.320 e. The van der Waals surface area contributed by atoms with Crippen molar-refractivity contribution in [1.82, 2.24) is 9.88 Å². The lowest BCUT2D eigenvalue weighted by molar-refractivity contribution is -0.143. The summed E-state index contributed by atoms with van der Waals surface area (Å²) in [6.07, 6.45) is 0.597. The van der Waals surface area contributed by atoms with Crippen molar-refractivity contribution in [2.24, 2.45) is 0 Å². The number of carbonyl (C=O) groups is 1. The van der Waals surface area contributed by atoms with Gasteiger partial charge in [-0.2, -0.15) is 0 Å². The molecule has 1 heterocycles. The van der Waals surface area contributed by atoms with Gasteiger partial charge in [0.15, 0.2) is 0 Å². The van der Waals surface area contributed by atoms with Gasteiger partial charge in [0.25, 0.3) is 0 Å². The summed E-state index contributed by atoms with van der Waals surface area (Å²) < 4.78 is 0. The molecular weight excluding hydrogens is 224 g/mol. The molecule has 0 fully saturated rings. The van der Waals surface area contributed by atoms with Crippen LogP contribution in [0.15, 0.2) is 5.38 Å². The van der Waals surface area contributed by atoms with Gasteiger partial charge in [0.05, 0.1) is 16.7 Å². The van der Waals surface area contributed by atoms with Gasteiger partial charge in [-0.15, -0.1) is 11.3 Å². The maximum absolute atomic E-state index is 11.1. The van der Waals surface area contributed by atoms with E-state index in [0.29, 0.717) is 6.42 Å². The van der Waals surface area contributed by atoms with Crippen LogP contribution in [0.1, 0.15) is 37.0 Å². The Bertz CT molecular complexity index is 365. The zero-order valence-corrected chi connectivity index (χ0v) is 10.9. The Kier molecular flexibility index (Phi) is 4.44. The van der Waals surface area contributed by atoms with E-state index in [1.807, 2.05) is 38.1 Å². The Labute approximate surface area is 99.9 Å². The summed E-state index contributed by atoms with van der Waals surface area (Å²) in [6.45, 7) is 5.82. The molecule has 0 bridgehead atoms. The fourth-order valence-electron chi connectivity index (χ4n) is 1.69. The summed E-state index contributed by atoms with van der Waals surface area (Å²) >= 11 is 1.59. The third kappa shape index (κ3) is 2.80. The molecule has 0 aliphatic rings. The molecule has 1 aromatic rings. The topological polar surface area (TPSA) is 53.4 Å². The summed E-state index contributed by atoms with van der Waals surface area (Å²) in [7, 11) is 1.83. The standard InChI is InChI=1S/C11H18N2O2S/c1-5-10(11(14)15)13(4)7(2)9-6-16-8(3)12-9/h6-7,10H,5H2,1-4H3,(H,14,15). The van der Waals surface area contributed by atoms with E-state index in [2.05, 4.69) is 4.98 Å². The van der Waals surface area contributed by atoms with E-state index in [1.165, 1.54) is 0 Å². The number of hydrogen-bond acceptors (Lipinski definition) is 4. The lowest BCUT2D eigenvalue weighted by Gasteiger charge is -2.28. The van der Waals surface area contributed by atoms with Crippen molar-refractivity contribution in [3.63, 3.8) is 0 Å². The maximum atomic E-state index is 11.1. The van der Waals surface area contributed by atoms with Crippen molar-refractivity contribution in [2.45, 2.75) is 39.3 Å². The molecule has 0 saturated carbocycles. The quantitative estimate of drug-likeness (QED) is 0.861. The van der Waals surface area contributed by atoms with Crippen molar-refractivity contribution < 1.29 is 9.90 Å². The molecule has 0 amide bonds. The molecule has 0 spiro atoms. The first-order valence-corrected chi connectivity index (χ1v) is 6.22. The minimum Gasteiger partial charge on any atom is -0.480 e. The maximum Gasteiger partial charge on any atom is 0.320 e. The van der Waals surface area contributed by atoms with E-state index in [4.69, 9.17) is 5.11 Å². The normalized spacial score (nSPS) is 15.1. The van der Waals surface area contributed by atoms with Gasteiger partial charge in [0.2, 0.25) is 0 Å². The van der Waals surface area contributed by atoms with Crippen LogP contribution in [0.25, 0.3) is 0 Å². The Morgan fingerprint density at radius 1 is 1.69 bits per heavy atom. The average molecular weight is 242 g/mol. The number of aliphatic carboxylic acids is 1. The van der Waals surface area contributed by atoms with Crippen LogP contribution >= 0.6 is 11.3 Å². The summed E-state index contributed by atoms with van der Waals surface area (Å²) in [5.41, 5.74) is 0.949. The number of aryl methyl sites for hydroxylation is 1. The number of rotatable bonds is 5. The molecule has 2 atom stereocenters. The lowest BCUT2D eigenvalue weighted by atomic mass is 10.1. The van der Waals surface area contributed by atoms with Crippen molar-refractivity contribution in [1.29, 1.82) is 0 Å². The molecule has 0 aromatic carbocycles. The highest BCUT2D eigenvalue weighted by atomic mass is 32.1. The Balaban J connectivity index is 2.80. The first-order chi connectivity index (χ1) is 7.47. The average Bonchev–Trinajstić information content (AvgIpc) is 2.64. The fraction of sp³-hybridized carbons (Fsp3) is 0.636. The van der Waals surface area contributed by atoms with Gasteiger partial charge in [-0.05, 0) is 27.3 Å². The van der Waals surface area contributed by atoms with Gasteiger partial charge < -0.3 is 5.11 Å². The van der Waals surface area contributed by atoms with Crippen LogP contribution in [-0.4, -0.2) is 34.0 Å². The third-order valence-electron chi connectivity index (χ3n) is 2.84. The predicted molar refractivity (Wildman–Crippen MR) is 64.7 cm³/mol. The van der Waals surface area contributed by atoms with E-state index < -0.39 is 12.0 Å². The largest absolute Gasteiger partial charge is 0.480 e. The summed E-state index contributed by atoms with van der Waals surface area (Å²) in [5.74, 6) is -0.774. The minimum atomic E-state index is -0.774. The fourth-order valence-corrected chi connectivity index (χ4v) is 2.39. The molecule has 1 N–H and O–H groups in total. The van der Waals surface area contributed by atoms with Crippen LogP contribution in [-0.2, 0) is 4.79 Å². The minimum absolute atomic E-state index is 0.0333. The number of hydrogen-bond donors (Lipinski definition) is 1. The second-order valence-electron chi connectivity index (χ2n) is 3.90. The van der Waals surface area contributed by atoms with Crippen LogP contribution in [0.5, 0.6) is 0 Å². The summed E-state index contributed by atoms with van der Waals surface area (Å²) in [6, 6.07) is -0.414. The first-order valence-electron chi connectivity index (χ1n) is 5.34. The highest BCUT2D eigenvalue weighted by Gasteiger charge is 2.26. The van der Waals surface area contributed by atoms with Gasteiger partial charge in [-0.25, -0.2) is 4.98 Å². The number of likely N-dealkylation sites (N-methyl/N-ethyl adjacent to an activating group) is 1. The number of thiazole rings is 1. The second kappa shape index (κ2) is 5.41. The van der Waals surface area contributed by atoms with Crippen LogP contribution < -0.4 is 0 Å². The van der Waals surface area contributed by atoms with Gasteiger partial charge in [-0.3, -0.25) is 9.69 Å². The van der Waals surface area contributed by atoms with Crippen molar-refractivity contribution in [2.75, 3.05) is 7.05 Å². The molecular formula is C11H18N2O2S. The third-order valence-corrected chi connectivity index (χ3v) is 3.63. The molecule has 5 heteroatoms. The van der Waals surface area contributed by atoms with Gasteiger partial charge in [0.1, 0.15) is 6.04 Å². The highest BCUT2D eigenvalue weighted by molar-refractivity contribution is 7.09. The van der Waals surface area contributed by atoms with E-state index in [-0.39, 0.29) is 6.04 Å². The SMILES string of the molecule is CCC(C(=O)O)N(C)C(C)c1csc(C)n1. The Hall–Kier alpha value is -0.940. The number of carboxylic acids is 1. The Morgan fingerprint density at radius 3 is 2.69 bits per heavy atom. The van der Waals surface area contributed by atoms with E-state index in [1.54, 1.807) is 11.3 Å². The first kappa shape index (κ1) is 13.1. The van der Waals surface area contributed by atoms with Gasteiger partial charge >= 0.3 is 5.97 Å². The van der Waals surface area contributed by atoms with E-state index in [9.17, 15) is 4.79 Å². The van der Waals surface area contributed by atoms with Gasteiger partial charge in [0, 0.05) is 5.38 Å². The van der Waals surface area contributed by atoms with Crippen LogP contribution in [0.4, 0.5) is 0 Å². The number of carboxylic acid groups (broad SMARTS) is 1. The predicted octanol–water partition coefficient (Wildman–Crippen LogP) is 2.31. The van der Waals surface area contributed by atoms with Crippen LogP contribution in [0.2, 0.25) is 0 Å². The molecule has 0 saturated heterocycles. The number of nitrogens with zero attached hydrogens (tertiary/aromatic N) is 2. The van der Waals surface area contributed by atoms with Crippen LogP contribution in [0.3, 0.4) is 0 Å². The molecule has 1 aromatic heterocycles. The lowest BCUT2D eigenvalue weighted by Crippen LogP contribution is -2.39. The molecule has 0 aliphatic heterocycles. The zero-order valence-electron chi connectivity index (χ0n) is 10.1. The van der Waals surface area contributed by atoms with Crippen molar-refractivity contribution in [3.05, 3.63) is 16.1 Å². The molecule has 16 heavy (non-hydrogen) atoms. The molecule has 0 radical (unpaired) electrons. The summed E-state index contributed by atoms with van der Waals surface area (Å²) in [5, 5.41) is 12.1. The van der Waals surface area contributed by atoms with Crippen LogP contribution in [0, 0.1) is 6.92 Å². The van der Waals surface area contributed by atoms with E-state index in [0.717, 1.165) is 10.7 Å². The van der Waals surface area contributed by atoms with Crippen molar-refractivity contribution >= 4 is 17.3 Å². The van der Waals surface area contributed by atoms with E-state index >= 15 is 0 Å². The molecule has 4 nitrogen and oxygen atoms in total. The van der Waals surface area contributed by atoms with Gasteiger partial charge in [-0.1, -0.05) is 6.92 Å². The molecule has 1 rings (SSSR count). The molecule has 90 valence electrons.